The lowest BCUT2D eigenvalue weighted by Crippen LogP contribution is -2.37. The number of halogens is 1. The lowest BCUT2D eigenvalue weighted by Gasteiger charge is -2.13. The normalized spacial score (nSPS) is 10.6. The molecule has 0 aliphatic heterocycles. The summed E-state index contributed by atoms with van der Waals surface area (Å²) in [6.07, 6.45) is 0.851. The van der Waals surface area contributed by atoms with Gasteiger partial charge in [-0.25, -0.2) is 0 Å². The Morgan fingerprint density at radius 3 is 2.11 bits per heavy atom. The zero-order valence-corrected chi connectivity index (χ0v) is 18.6. The topological polar surface area (TPSA) is 64.1 Å². The molecule has 2 aromatic rings. The van der Waals surface area contributed by atoms with Gasteiger partial charge in [0.15, 0.2) is 17.5 Å². The minimum absolute atomic E-state index is 0. The van der Waals surface area contributed by atoms with Crippen LogP contribution in [0.5, 0.6) is 17.2 Å². The molecule has 0 atom stereocenters. The predicted octanol–water partition coefficient (Wildman–Crippen LogP) is 3.24. The third-order valence-corrected chi connectivity index (χ3v) is 4.00. The standard InChI is InChI=1S/C20H27N3O3.HI/c1-21-20(23-14-16-5-8-17(24-2)9-6-16)22-12-11-15-7-10-18(25-3)19(13-15)26-4;/h5-10,13H,11-12,14H2,1-4H3,(H2,21,22,23);1H. The Morgan fingerprint density at radius 2 is 1.52 bits per heavy atom. The number of hydrogen-bond acceptors (Lipinski definition) is 4. The quantitative estimate of drug-likeness (QED) is 0.342. The Morgan fingerprint density at radius 1 is 0.852 bits per heavy atom. The zero-order chi connectivity index (χ0) is 18.8. The van der Waals surface area contributed by atoms with Gasteiger partial charge in [0.1, 0.15) is 5.75 Å². The summed E-state index contributed by atoms with van der Waals surface area (Å²) in [4.78, 5) is 4.25. The van der Waals surface area contributed by atoms with Crippen molar-refractivity contribution < 1.29 is 14.2 Å². The van der Waals surface area contributed by atoms with Gasteiger partial charge >= 0.3 is 0 Å². The van der Waals surface area contributed by atoms with E-state index < -0.39 is 0 Å². The van der Waals surface area contributed by atoms with Gasteiger partial charge in [-0.15, -0.1) is 24.0 Å². The van der Waals surface area contributed by atoms with Gasteiger partial charge in [-0.05, 0) is 41.8 Å². The average molecular weight is 485 g/mol. The molecule has 0 aliphatic carbocycles. The van der Waals surface area contributed by atoms with Gasteiger partial charge in [0.05, 0.1) is 21.3 Å². The maximum Gasteiger partial charge on any atom is 0.191 e. The molecule has 7 heteroatoms. The van der Waals surface area contributed by atoms with E-state index in [1.54, 1.807) is 28.4 Å². The van der Waals surface area contributed by atoms with Crippen molar-refractivity contribution in [1.29, 1.82) is 0 Å². The van der Waals surface area contributed by atoms with E-state index in [9.17, 15) is 0 Å². The molecule has 0 unspecified atom stereocenters. The first-order chi connectivity index (χ1) is 12.7. The van der Waals surface area contributed by atoms with Crippen molar-refractivity contribution in [3.05, 3.63) is 53.6 Å². The molecule has 0 spiro atoms. The molecule has 0 saturated heterocycles. The van der Waals surface area contributed by atoms with E-state index in [2.05, 4.69) is 15.6 Å². The third-order valence-electron chi connectivity index (χ3n) is 4.00. The van der Waals surface area contributed by atoms with Crippen LogP contribution in [0.1, 0.15) is 11.1 Å². The van der Waals surface area contributed by atoms with Crippen molar-refractivity contribution >= 4 is 29.9 Å². The highest BCUT2D eigenvalue weighted by molar-refractivity contribution is 14.0. The van der Waals surface area contributed by atoms with Crippen molar-refractivity contribution in [2.75, 3.05) is 34.9 Å². The molecule has 6 nitrogen and oxygen atoms in total. The van der Waals surface area contributed by atoms with Crippen molar-refractivity contribution in [3.63, 3.8) is 0 Å². The highest BCUT2D eigenvalue weighted by Gasteiger charge is 2.05. The minimum Gasteiger partial charge on any atom is -0.497 e. The fourth-order valence-electron chi connectivity index (χ4n) is 2.51. The van der Waals surface area contributed by atoms with Gasteiger partial charge in [0.25, 0.3) is 0 Å². The average Bonchev–Trinajstić information content (AvgIpc) is 2.70. The molecule has 0 bridgehead atoms. The largest absolute Gasteiger partial charge is 0.497 e. The Labute approximate surface area is 178 Å². The summed E-state index contributed by atoms with van der Waals surface area (Å²) in [5.74, 6) is 3.10. The van der Waals surface area contributed by atoms with E-state index in [4.69, 9.17) is 14.2 Å². The summed E-state index contributed by atoms with van der Waals surface area (Å²) in [5.41, 5.74) is 2.33. The second-order valence-corrected chi connectivity index (χ2v) is 5.64. The lowest BCUT2D eigenvalue weighted by atomic mass is 10.1. The second-order valence-electron chi connectivity index (χ2n) is 5.64. The van der Waals surface area contributed by atoms with Crippen molar-refractivity contribution in [3.8, 4) is 17.2 Å². The molecular weight excluding hydrogens is 457 g/mol. The minimum atomic E-state index is 0. The molecule has 0 fully saturated rings. The first-order valence-corrected chi connectivity index (χ1v) is 8.48. The number of rotatable bonds is 8. The fraction of sp³-hybridized carbons (Fsp3) is 0.350. The number of ether oxygens (including phenoxy) is 3. The summed E-state index contributed by atoms with van der Waals surface area (Å²) < 4.78 is 15.8. The van der Waals surface area contributed by atoms with Crippen molar-refractivity contribution in [2.24, 2.45) is 4.99 Å². The van der Waals surface area contributed by atoms with Crippen molar-refractivity contribution in [2.45, 2.75) is 13.0 Å². The molecule has 2 rings (SSSR count). The molecule has 0 amide bonds. The maximum atomic E-state index is 5.34. The molecular formula is C20H28IN3O3. The first-order valence-electron chi connectivity index (χ1n) is 8.48. The maximum absolute atomic E-state index is 5.34. The van der Waals surface area contributed by atoms with Crippen LogP contribution >= 0.6 is 24.0 Å². The molecule has 27 heavy (non-hydrogen) atoms. The second kappa shape index (κ2) is 12.3. The Kier molecular flexibility index (Phi) is 10.4. The molecule has 0 radical (unpaired) electrons. The summed E-state index contributed by atoms with van der Waals surface area (Å²) in [6.45, 7) is 1.46. The molecule has 0 saturated carbocycles. The molecule has 148 valence electrons. The van der Waals surface area contributed by atoms with Crippen LogP contribution in [0.2, 0.25) is 0 Å². The molecule has 2 N–H and O–H groups in total. The first kappa shape index (κ1) is 22.9. The van der Waals surface area contributed by atoms with Crippen LogP contribution in [0.3, 0.4) is 0 Å². The van der Waals surface area contributed by atoms with E-state index in [1.807, 2.05) is 42.5 Å². The van der Waals surface area contributed by atoms with Gasteiger partial charge in [-0.2, -0.15) is 0 Å². The smallest absolute Gasteiger partial charge is 0.191 e. The van der Waals surface area contributed by atoms with E-state index in [-0.39, 0.29) is 24.0 Å². The molecule has 0 aromatic heterocycles. The van der Waals surface area contributed by atoms with E-state index >= 15 is 0 Å². The van der Waals surface area contributed by atoms with Crippen LogP contribution in [0, 0.1) is 0 Å². The van der Waals surface area contributed by atoms with Crippen LogP contribution in [-0.2, 0) is 13.0 Å². The number of nitrogens with one attached hydrogen (secondary N) is 2. The molecule has 0 heterocycles. The Hall–Kier alpha value is -2.16. The van der Waals surface area contributed by atoms with Crippen LogP contribution in [-0.4, -0.2) is 40.9 Å². The number of aliphatic imine (C=N–C) groups is 1. The highest BCUT2D eigenvalue weighted by atomic mass is 127. The molecule has 2 aromatic carbocycles. The number of methoxy groups -OCH3 is 3. The van der Waals surface area contributed by atoms with Gasteiger partial charge < -0.3 is 24.8 Å². The van der Waals surface area contributed by atoms with Crippen LogP contribution in [0.25, 0.3) is 0 Å². The number of hydrogen-bond donors (Lipinski definition) is 2. The van der Waals surface area contributed by atoms with Gasteiger partial charge in [0.2, 0.25) is 0 Å². The molecule has 0 aliphatic rings. The summed E-state index contributed by atoms with van der Waals surface area (Å²) in [7, 11) is 6.71. The lowest BCUT2D eigenvalue weighted by molar-refractivity contribution is 0.354. The van der Waals surface area contributed by atoms with Gasteiger partial charge in [-0.3, -0.25) is 4.99 Å². The Balaban J connectivity index is 0.00000364. The zero-order valence-electron chi connectivity index (χ0n) is 16.2. The number of benzene rings is 2. The monoisotopic (exact) mass is 485 g/mol. The van der Waals surface area contributed by atoms with Crippen LogP contribution < -0.4 is 24.8 Å². The van der Waals surface area contributed by atoms with Crippen molar-refractivity contribution in [1.82, 2.24) is 10.6 Å². The van der Waals surface area contributed by atoms with E-state index in [0.717, 1.165) is 41.7 Å². The predicted molar refractivity (Wildman–Crippen MR) is 120 cm³/mol. The van der Waals surface area contributed by atoms with E-state index in [0.29, 0.717) is 6.54 Å². The van der Waals surface area contributed by atoms with Crippen LogP contribution in [0.15, 0.2) is 47.5 Å². The fourth-order valence-corrected chi connectivity index (χ4v) is 2.51. The van der Waals surface area contributed by atoms with Gasteiger partial charge in [-0.1, -0.05) is 18.2 Å². The highest BCUT2D eigenvalue weighted by Crippen LogP contribution is 2.27. The summed E-state index contributed by atoms with van der Waals surface area (Å²) >= 11 is 0. The number of nitrogens with zero attached hydrogens (tertiary/aromatic N) is 1. The van der Waals surface area contributed by atoms with Gasteiger partial charge in [0, 0.05) is 20.1 Å². The summed E-state index contributed by atoms with van der Waals surface area (Å²) in [6, 6.07) is 13.9. The summed E-state index contributed by atoms with van der Waals surface area (Å²) in [5, 5.41) is 6.62. The van der Waals surface area contributed by atoms with Crippen LogP contribution in [0.4, 0.5) is 0 Å². The number of guanidine groups is 1. The SMILES string of the molecule is CN=C(NCCc1ccc(OC)c(OC)c1)NCc1ccc(OC)cc1.I. The third kappa shape index (κ3) is 7.16. The van der Waals surface area contributed by atoms with E-state index in [1.165, 1.54) is 5.56 Å². The Bertz CT molecular complexity index is 721.